The summed E-state index contributed by atoms with van der Waals surface area (Å²) < 4.78 is 7.52. The Hall–Kier alpha value is -1.96. The van der Waals surface area contributed by atoms with Gasteiger partial charge in [-0.2, -0.15) is 5.10 Å². The fourth-order valence-electron chi connectivity index (χ4n) is 4.80. The maximum Gasteiger partial charge on any atom is 0.272 e. The maximum absolute atomic E-state index is 13.1. The molecule has 2 aliphatic heterocycles. The first-order valence-corrected chi connectivity index (χ1v) is 10.3. The molecule has 0 spiro atoms. The number of aromatic nitrogens is 2. The summed E-state index contributed by atoms with van der Waals surface area (Å²) in [5.41, 5.74) is 1.42. The summed E-state index contributed by atoms with van der Waals surface area (Å²) in [5.74, 6) is -0.0837. The third-order valence-electron chi connectivity index (χ3n) is 6.23. The van der Waals surface area contributed by atoms with E-state index in [1.807, 2.05) is 42.8 Å². The lowest BCUT2D eigenvalue weighted by Crippen LogP contribution is -2.63. The number of fused-ring (bicyclic) bond motifs is 3. The quantitative estimate of drug-likeness (QED) is 0.854. The van der Waals surface area contributed by atoms with Gasteiger partial charge in [0.15, 0.2) is 5.69 Å². The van der Waals surface area contributed by atoms with E-state index in [1.165, 1.54) is 0 Å². The molecule has 152 valence electrons. The molecule has 3 heterocycles. The molecule has 3 unspecified atom stereocenters. The van der Waals surface area contributed by atoms with E-state index in [9.17, 15) is 4.79 Å². The van der Waals surface area contributed by atoms with Crippen molar-refractivity contribution >= 4 is 16.8 Å². The third kappa shape index (κ3) is 3.54. The lowest BCUT2D eigenvalue weighted by molar-refractivity contribution is 0.00826. The number of ether oxygens (including phenoxy) is 1. The molecule has 2 aromatic rings. The minimum Gasteiger partial charge on any atom is -0.357 e. The van der Waals surface area contributed by atoms with Gasteiger partial charge in [-0.1, -0.05) is 18.2 Å². The largest absolute Gasteiger partial charge is 0.357 e. The van der Waals surface area contributed by atoms with Gasteiger partial charge in [-0.15, -0.1) is 0 Å². The molecule has 28 heavy (non-hydrogen) atoms. The molecule has 2 fully saturated rings. The zero-order valence-electron chi connectivity index (χ0n) is 17.3. The Morgan fingerprint density at radius 2 is 1.93 bits per heavy atom. The van der Waals surface area contributed by atoms with Crippen LogP contribution in [-0.2, 0) is 4.74 Å². The number of carbonyl (C=O) groups is 1. The van der Waals surface area contributed by atoms with E-state index in [1.54, 1.807) is 0 Å². The molecule has 2 aliphatic rings. The van der Waals surface area contributed by atoms with Crippen LogP contribution in [0.25, 0.3) is 10.9 Å². The highest BCUT2D eigenvalue weighted by Gasteiger charge is 2.38. The second kappa shape index (κ2) is 7.81. The average Bonchev–Trinajstić information content (AvgIpc) is 3.04. The highest BCUT2D eigenvalue weighted by molar-refractivity contribution is 6.05. The smallest absolute Gasteiger partial charge is 0.272 e. The minimum absolute atomic E-state index is 0.0837. The average molecular weight is 386 g/mol. The number of nitrogens with one attached hydrogen (secondary N) is 1. The Balaban J connectivity index is 1.55. The predicted octanol–water partition coefficient (Wildman–Crippen LogP) is 2.10. The second-order valence-corrected chi connectivity index (χ2v) is 8.20. The number of hydrogen-bond donors (Lipinski definition) is 1. The van der Waals surface area contributed by atoms with Crippen molar-refractivity contribution in [1.29, 1.82) is 0 Å². The van der Waals surface area contributed by atoms with Crippen LogP contribution in [0.5, 0.6) is 0 Å². The standard InChI is InChI=1S/C21H31N5O2/c1-5-28-14(2)26-19-9-7-6-8-18(19)20(23-26)21(27)22-15-10-16-12-24(3)13-17(11-15)25(16)4/h6-9,14-17H,5,10-13H2,1-4H3,(H,22,27). The molecule has 0 aliphatic carbocycles. The van der Waals surface area contributed by atoms with Crippen molar-refractivity contribution in [3.05, 3.63) is 30.0 Å². The van der Waals surface area contributed by atoms with E-state index in [0.717, 1.165) is 36.8 Å². The van der Waals surface area contributed by atoms with Crippen LogP contribution in [0.4, 0.5) is 0 Å². The summed E-state index contributed by atoms with van der Waals surface area (Å²) in [4.78, 5) is 18.0. The lowest BCUT2D eigenvalue weighted by atomic mass is 9.88. The molecule has 1 N–H and O–H groups in total. The fraction of sp³-hybridized carbons (Fsp3) is 0.619. The molecule has 4 rings (SSSR count). The van der Waals surface area contributed by atoms with Crippen LogP contribution in [0.15, 0.2) is 24.3 Å². The van der Waals surface area contributed by atoms with Crippen molar-refractivity contribution in [3.8, 4) is 0 Å². The Labute approximate surface area is 166 Å². The Morgan fingerprint density at radius 3 is 2.61 bits per heavy atom. The number of amides is 1. The molecule has 3 atom stereocenters. The number of piperazine rings is 1. The fourth-order valence-corrected chi connectivity index (χ4v) is 4.80. The molecular formula is C21H31N5O2. The summed E-state index contributed by atoms with van der Waals surface area (Å²) >= 11 is 0. The van der Waals surface area contributed by atoms with E-state index in [4.69, 9.17) is 4.74 Å². The molecular weight excluding hydrogens is 354 g/mol. The second-order valence-electron chi connectivity index (χ2n) is 8.20. The Morgan fingerprint density at radius 1 is 1.25 bits per heavy atom. The van der Waals surface area contributed by atoms with Crippen molar-refractivity contribution in [1.82, 2.24) is 24.9 Å². The minimum atomic E-state index is -0.213. The summed E-state index contributed by atoms with van der Waals surface area (Å²) in [6.07, 6.45) is 1.75. The SMILES string of the molecule is CCOC(C)n1nc(C(=O)NC2CC3CN(C)CC(C2)N3C)c2ccccc21. The number of hydrogen-bond acceptors (Lipinski definition) is 5. The van der Waals surface area contributed by atoms with Crippen molar-refractivity contribution < 1.29 is 9.53 Å². The summed E-state index contributed by atoms with van der Waals surface area (Å²) in [5, 5.41) is 8.78. The van der Waals surface area contributed by atoms with E-state index in [2.05, 4.69) is 34.3 Å². The highest BCUT2D eigenvalue weighted by Crippen LogP contribution is 2.28. The van der Waals surface area contributed by atoms with Crippen molar-refractivity contribution in [2.75, 3.05) is 33.8 Å². The topological polar surface area (TPSA) is 62.6 Å². The van der Waals surface area contributed by atoms with Gasteiger partial charge in [0.25, 0.3) is 5.91 Å². The molecule has 0 radical (unpaired) electrons. The first-order valence-electron chi connectivity index (χ1n) is 10.3. The van der Waals surface area contributed by atoms with Crippen molar-refractivity contribution in [2.24, 2.45) is 0 Å². The zero-order chi connectivity index (χ0) is 19.8. The molecule has 1 aromatic heterocycles. The van der Waals surface area contributed by atoms with Gasteiger partial charge in [-0.3, -0.25) is 9.69 Å². The van der Waals surface area contributed by atoms with Gasteiger partial charge in [-0.25, -0.2) is 4.68 Å². The molecule has 2 saturated heterocycles. The molecule has 7 nitrogen and oxygen atoms in total. The summed E-state index contributed by atoms with van der Waals surface area (Å²) in [6.45, 7) is 6.64. The molecule has 7 heteroatoms. The van der Waals surface area contributed by atoms with Gasteiger partial charge in [0.2, 0.25) is 0 Å². The van der Waals surface area contributed by atoms with Gasteiger partial charge in [0, 0.05) is 43.2 Å². The van der Waals surface area contributed by atoms with Crippen molar-refractivity contribution in [3.63, 3.8) is 0 Å². The van der Waals surface area contributed by atoms with Crippen LogP contribution in [0.1, 0.15) is 43.4 Å². The van der Waals surface area contributed by atoms with Gasteiger partial charge < -0.3 is 15.0 Å². The zero-order valence-corrected chi connectivity index (χ0v) is 17.3. The van der Waals surface area contributed by atoms with E-state index >= 15 is 0 Å². The maximum atomic E-state index is 13.1. The number of likely N-dealkylation sites (tertiary alicyclic amines) is 1. The van der Waals surface area contributed by atoms with E-state index < -0.39 is 0 Å². The third-order valence-corrected chi connectivity index (χ3v) is 6.23. The van der Waals surface area contributed by atoms with Crippen LogP contribution < -0.4 is 5.32 Å². The van der Waals surface area contributed by atoms with Gasteiger partial charge in [-0.05, 0) is 46.9 Å². The van der Waals surface area contributed by atoms with Gasteiger partial charge in [0.1, 0.15) is 6.23 Å². The number of piperidine rings is 1. The van der Waals surface area contributed by atoms with Gasteiger partial charge in [0.05, 0.1) is 5.52 Å². The van der Waals surface area contributed by atoms with Crippen LogP contribution >= 0.6 is 0 Å². The number of carbonyl (C=O) groups excluding carboxylic acids is 1. The molecule has 1 amide bonds. The number of rotatable bonds is 5. The number of likely N-dealkylation sites (N-methyl/N-ethyl adjacent to an activating group) is 2. The van der Waals surface area contributed by atoms with Crippen LogP contribution in [0, 0.1) is 0 Å². The van der Waals surface area contributed by atoms with E-state index in [0.29, 0.717) is 24.4 Å². The number of benzene rings is 1. The normalized spacial score (nSPS) is 27.1. The molecule has 0 saturated carbocycles. The number of para-hydroxylation sites is 1. The molecule has 2 bridgehead atoms. The summed E-state index contributed by atoms with van der Waals surface area (Å²) in [7, 11) is 4.40. The molecule has 1 aromatic carbocycles. The number of nitrogens with zero attached hydrogens (tertiary/aromatic N) is 4. The van der Waals surface area contributed by atoms with E-state index in [-0.39, 0.29) is 18.2 Å². The van der Waals surface area contributed by atoms with Crippen LogP contribution in [-0.4, -0.2) is 77.4 Å². The first-order chi connectivity index (χ1) is 13.5. The first kappa shape index (κ1) is 19.4. The Kier molecular flexibility index (Phi) is 5.40. The van der Waals surface area contributed by atoms with Crippen LogP contribution in [0.2, 0.25) is 0 Å². The van der Waals surface area contributed by atoms with Crippen LogP contribution in [0.3, 0.4) is 0 Å². The van der Waals surface area contributed by atoms with Gasteiger partial charge >= 0.3 is 0 Å². The summed E-state index contributed by atoms with van der Waals surface area (Å²) in [6, 6.07) is 9.06. The lowest BCUT2D eigenvalue weighted by Gasteiger charge is -2.50. The van der Waals surface area contributed by atoms with Crippen molar-refractivity contribution in [2.45, 2.75) is 51.0 Å². The predicted molar refractivity (Wildman–Crippen MR) is 109 cm³/mol. The monoisotopic (exact) mass is 385 g/mol. The Bertz CT molecular complexity index is 834. The highest BCUT2D eigenvalue weighted by atomic mass is 16.5.